The average molecular weight is 314 g/mol. The molecule has 0 atom stereocenters. The van der Waals surface area contributed by atoms with Crippen LogP contribution >= 0.6 is 23.2 Å². The molecule has 0 fully saturated rings. The van der Waals surface area contributed by atoms with Gasteiger partial charge in [0.2, 0.25) is 5.91 Å². The molecule has 6 nitrogen and oxygen atoms in total. The summed E-state index contributed by atoms with van der Waals surface area (Å²) in [6, 6.07) is 5.38. The summed E-state index contributed by atoms with van der Waals surface area (Å²) in [6.07, 6.45) is 1.75. The van der Waals surface area contributed by atoms with Crippen LogP contribution in [0.5, 0.6) is 0 Å². The van der Waals surface area contributed by atoms with Gasteiger partial charge in [0, 0.05) is 0 Å². The van der Waals surface area contributed by atoms with Crippen LogP contribution in [0.25, 0.3) is 0 Å². The van der Waals surface area contributed by atoms with Gasteiger partial charge in [-0.05, 0) is 17.7 Å². The number of carbonyl (C=O) groups excluding carboxylic acids is 1. The molecule has 106 valence electrons. The van der Waals surface area contributed by atoms with Crippen LogP contribution in [0.2, 0.25) is 10.0 Å². The Morgan fingerprint density at radius 1 is 1.35 bits per heavy atom. The first-order valence-electron chi connectivity index (χ1n) is 5.88. The van der Waals surface area contributed by atoms with E-state index in [0.717, 1.165) is 5.56 Å². The smallest absolute Gasteiger partial charge is 0.234 e. The number of nitrogens with two attached hydrogens (primary N) is 1. The SMILES string of the molecule is NCC(=O)NCc1cn(Cc2ccc(Cl)c(Cl)c2)nn1. The summed E-state index contributed by atoms with van der Waals surface area (Å²) in [6.45, 7) is 0.781. The van der Waals surface area contributed by atoms with E-state index in [1.54, 1.807) is 23.0 Å². The van der Waals surface area contributed by atoms with Crippen molar-refractivity contribution in [1.29, 1.82) is 0 Å². The predicted molar refractivity (Wildman–Crippen MR) is 76.5 cm³/mol. The van der Waals surface area contributed by atoms with Crippen molar-refractivity contribution >= 4 is 29.1 Å². The predicted octanol–water partition coefficient (Wildman–Crippen LogP) is 1.21. The van der Waals surface area contributed by atoms with E-state index in [4.69, 9.17) is 28.9 Å². The van der Waals surface area contributed by atoms with Gasteiger partial charge in [0.05, 0.1) is 35.9 Å². The third kappa shape index (κ3) is 3.93. The van der Waals surface area contributed by atoms with E-state index in [9.17, 15) is 4.79 Å². The number of hydrogen-bond donors (Lipinski definition) is 2. The molecule has 1 heterocycles. The zero-order valence-corrected chi connectivity index (χ0v) is 12.0. The molecule has 0 aliphatic rings. The van der Waals surface area contributed by atoms with Crippen LogP contribution < -0.4 is 11.1 Å². The largest absolute Gasteiger partial charge is 0.349 e. The number of nitrogens with one attached hydrogen (secondary N) is 1. The van der Waals surface area contributed by atoms with Crippen molar-refractivity contribution in [2.75, 3.05) is 6.54 Å². The van der Waals surface area contributed by atoms with Gasteiger partial charge in [-0.1, -0.05) is 34.5 Å². The van der Waals surface area contributed by atoms with Crippen LogP contribution in [0.4, 0.5) is 0 Å². The maximum absolute atomic E-state index is 11.0. The van der Waals surface area contributed by atoms with Gasteiger partial charge in [-0.2, -0.15) is 0 Å². The Balaban J connectivity index is 1.98. The Morgan fingerprint density at radius 3 is 2.85 bits per heavy atom. The monoisotopic (exact) mass is 313 g/mol. The zero-order valence-electron chi connectivity index (χ0n) is 10.5. The first-order valence-corrected chi connectivity index (χ1v) is 6.64. The molecule has 0 saturated heterocycles. The minimum atomic E-state index is -0.232. The van der Waals surface area contributed by atoms with Crippen molar-refractivity contribution in [1.82, 2.24) is 20.3 Å². The molecule has 2 aromatic rings. The van der Waals surface area contributed by atoms with E-state index in [0.29, 0.717) is 28.8 Å². The quantitative estimate of drug-likeness (QED) is 0.868. The van der Waals surface area contributed by atoms with Crippen molar-refractivity contribution in [3.63, 3.8) is 0 Å². The van der Waals surface area contributed by atoms with E-state index < -0.39 is 0 Å². The minimum absolute atomic E-state index is 0.0442. The summed E-state index contributed by atoms with van der Waals surface area (Å²) in [7, 11) is 0. The lowest BCUT2D eigenvalue weighted by Crippen LogP contribution is -2.29. The maximum Gasteiger partial charge on any atom is 0.234 e. The number of halogens is 2. The number of rotatable bonds is 5. The average Bonchev–Trinajstić information content (AvgIpc) is 2.88. The fourth-order valence-electron chi connectivity index (χ4n) is 1.58. The molecule has 0 unspecified atom stereocenters. The summed E-state index contributed by atoms with van der Waals surface area (Å²) in [5.41, 5.74) is 6.81. The van der Waals surface area contributed by atoms with Crippen molar-refractivity contribution in [3.8, 4) is 0 Å². The molecule has 0 aliphatic heterocycles. The molecule has 20 heavy (non-hydrogen) atoms. The summed E-state index contributed by atoms with van der Waals surface area (Å²) in [5.74, 6) is -0.232. The summed E-state index contributed by atoms with van der Waals surface area (Å²) >= 11 is 11.8. The van der Waals surface area contributed by atoms with E-state index in [1.165, 1.54) is 0 Å². The fourth-order valence-corrected chi connectivity index (χ4v) is 1.90. The first kappa shape index (κ1) is 14.8. The van der Waals surface area contributed by atoms with Crippen molar-refractivity contribution < 1.29 is 4.79 Å². The van der Waals surface area contributed by atoms with Gasteiger partial charge >= 0.3 is 0 Å². The third-order valence-corrected chi connectivity index (χ3v) is 3.31. The minimum Gasteiger partial charge on any atom is -0.349 e. The highest BCUT2D eigenvalue weighted by Gasteiger charge is 2.05. The molecule has 0 aliphatic carbocycles. The lowest BCUT2D eigenvalue weighted by atomic mass is 10.2. The van der Waals surface area contributed by atoms with Gasteiger partial charge in [-0.25, -0.2) is 4.68 Å². The molecule has 0 bridgehead atoms. The number of benzene rings is 1. The van der Waals surface area contributed by atoms with Crippen LogP contribution in [0.1, 0.15) is 11.3 Å². The summed E-state index contributed by atoms with van der Waals surface area (Å²) in [4.78, 5) is 11.0. The lowest BCUT2D eigenvalue weighted by Gasteiger charge is -2.02. The Morgan fingerprint density at radius 2 is 2.15 bits per heavy atom. The molecule has 1 aromatic heterocycles. The third-order valence-electron chi connectivity index (χ3n) is 2.57. The van der Waals surface area contributed by atoms with Crippen molar-refractivity contribution in [3.05, 3.63) is 45.7 Å². The second-order valence-electron chi connectivity index (χ2n) is 4.14. The van der Waals surface area contributed by atoms with E-state index >= 15 is 0 Å². The molecular formula is C12H13Cl2N5O. The number of aromatic nitrogens is 3. The maximum atomic E-state index is 11.0. The van der Waals surface area contributed by atoms with Crippen molar-refractivity contribution in [2.24, 2.45) is 5.73 Å². The second-order valence-corrected chi connectivity index (χ2v) is 4.95. The number of nitrogens with zero attached hydrogens (tertiary/aromatic N) is 3. The van der Waals surface area contributed by atoms with Gasteiger partial charge in [-0.3, -0.25) is 4.79 Å². The summed E-state index contributed by atoms with van der Waals surface area (Å²) in [5, 5.41) is 11.6. The van der Waals surface area contributed by atoms with Crippen LogP contribution in [-0.2, 0) is 17.9 Å². The Labute approximate surface area is 125 Å². The van der Waals surface area contributed by atoms with E-state index in [2.05, 4.69) is 15.6 Å². The second kappa shape index (κ2) is 6.69. The Bertz CT molecular complexity index is 614. The van der Waals surface area contributed by atoms with Crippen LogP contribution in [0.15, 0.2) is 24.4 Å². The van der Waals surface area contributed by atoms with Gasteiger partial charge in [-0.15, -0.1) is 5.10 Å². The van der Waals surface area contributed by atoms with Crippen molar-refractivity contribution in [2.45, 2.75) is 13.1 Å². The highest BCUT2D eigenvalue weighted by Crippen LogP contribution is 2.22. The zero-order chi connectivity index (χ0) is 14.5. The Hall–Kier alpha value is -1.63. The standard InChI is InChI=1S/C12H13Cl2N5O/c13-10-2-1-8(3-11(10)14)6-19-7-9(17-18-19)5-16-12(20)4-15/h1-3,7H,4-6,15H2,(H,16,20). The van der Waals surface area contributed by atoms with E-state index in [-0.39, 0.29) is 12.5 Å². The van der Waals surface area contributed by atoms with Crippen LogP contribution in [0.3, 0.4) is 0 Å². The molecule has 0 saturated carbocycles. The van der Waals surface area contributed by atoms with Gasteiger partial charge in [0.15, 0.2) is 0 Å². The van der Waals surface area contributed by atoms with Crippen LogP contribution in [0, 0.1) is 0 Å². The highest BCUT2D eigenvalue weighted by molar-refractivity contribution is 6.42. The van der Waals surface area contributed by atoms with Gasteiger partial charge in [0.25, 0.3) is 0 Å². The lowest BCUT2D eigenvalue weighted by molar-refractivity contribution is -0.119. The van der Waals surface area contributed by atoms with Crippen LogP contribution in [-0.4, -0.2) is 27.4 Å². The van der Waals surface area contributed by atoms with Gasteiger partial charge < -0.3 is 11.1 Å². The Kier molecular flexibility index (Phi) is 4.94. The molecule has 0 radical (unpaired) electrons. The number of hydrogen-bond acceptors (Lipinski definition) is 4. The molecule has 1 amide bonds. The highest BCUT2D eigenvalue weighted by atomic mass is 35.5. The number of carbonyl (C=O) groups is 1. The fraction of sp³-hybridized carbons (Fsp3) is 0.250. The normalized spacial score (nSPS) is 10.6. The molecule has 1 aromatic carbocycles. The molecule has 0 spiro atoms. The summed E-state index contributed by atoms with van der Waals surface area (Å²) < 4.78 is 1.66. The topological polar surface area (TPSA) is 85.8 Å². The molecule has 8 heteroatoms. The molecule has 2 rings (SSSR count). The number of amides is 1. The van der Waals surface area contributed by atoms with E-state index in [1.807, 2.05) is 6.07 Å². The molecular weight excluding hydrogens is 301 g/mol. The van der Waals surface area contributed by atoms with Gasteiger partial charge in [0.1, 0.15) is 5.69 Å². The first-order chi connectivity index (χ1) is 9.58. The molecule has 3 N–H and O–H groups in total.